The van der Waals surface area contributed by atoms with Crippen LogP contribution in [0.25, 0.3) is 0 Å². The van der Waals surface area contributed by atoms with Crippen LogP contribution in [0, 0.1) is 0 Å². The molecule has 2 N–H and O–H groups in total. The van der Waals surface area contributed by atoms with E-state index in [2.05, 4.69) is 0 Å². The summed E-state index contributed by atoms with van der Waals surface area (Å²) in [6.45, 7) is 0.957. The first-order chi connectivity index (χ1) is 11.7. The highest BCUT2D eigenvalue weighted by molar-refractivity contribution is 5.53. The zero-order chi connectivity index (χ0) is 16.9. The lowest BCUT2D eigenvalue weighted by Gasteiger charge is -2.23. The molecule has 2 aromatic rings. The predicted octanol–water partition coefficient (Wildman–Crippen LogP) is 2.01. The second-order valence-electron chi connectivity index (χ2n) is 5.39. The maximum atomic E-state index is 10.8. The lowest BCUT2D eigenvalue weighted by Crippen LogP contribution is -2.16. The largest absolute Gasteiger partial charge is 0.486 e. The van der Waals surface area contributed by atoms with Crippen molar-refractivity contribution in [3.05, 3.63) is 53.1 Å². The first-order valence-electron chi connectivity index (χ1n) is 7.66. The van der Waals surface area contributed by atoms with Crippen molar-refractivity contribution in [3.63, 3.8) is 0 Å². The fourth-order valence-corrected chi connectivity index (χ4v) is 2.53. The van der Waals surface area contributed by atoms with Crippen molar-refractivity contribution in [2.75, 3.05) is 27.1 Å². The number of hydrogen-bond donors (Lipinski definition) is 2. The van der Waals surface area contributed by atoms with Gasteiger partial charge in [0.1, 0.15) is 25.1 Å². The molecule has 0 bridgehead atoms. The third kappa shape index (κ3) is 3.46. The van der Waals surface area contributed by atoms with E-state index in [9.17, 15) is 5.11 Å². The standard InChI is InChI=1S/C18H20O6/c1-21-11-24-15-9-17-16(22-6-7-23-17)8-14(15)18(20)13-4-2-12(10-19)3-5-13/h2-5,8-9,18-20H,6-7,10-11H2,1H3. The van der Waals surface area contributed by atoms with Crippen molar-refractivity contribution >= 4 is 0 Å². The summed E-state index contributed by atoms with van der Waals surface area (Å²) in [5.74, 6) is 1.63. The van der Waals surface area contributed by atoms with Crippen molar-refractivity contribution < 1.29 is 29.2 Å². The molecule has 1 unspecified atom stereocenters. The zero-order valence-corrected chi connectivity index (χ0v) is 13.4. The van der Waals surface area contributed by atoms with Gasteiger partial charge in [0, 0.05) is 18.7 Å². The molecule has 0 aromatic heterocycles. The molecule has 0 aliphatic carbocycles. The van der Waals surface area contributed by atoms with E-state index < -0.39 is 6.10 Å². The van der Waals surface area contributed by atoms with Gasteiger partial charge in [0.15, 0.2) is 18.3 Å². The third-order valence-electron chi connectivity index (χ3n) is 3.78. The Labute approximate surface area is 140 Å². The molecule has 0 fully saturated rings. The Morgan fingerprint density at radius 3 is 2.38 bits per heavy atom. The highest BCUT2D eigenvalue weighted by Gasteiger charge is 2.22. The first-order valence-corrected chi connectivity index (χ1v) is 7.66. The maximum absolute atomic E-state index is 10.8. The average molecular weight is 332 g/mol. The van der Waals surface area contributed by atoms with Crippen LogP contribution >= 0.6 is 0 Å². The molecule has 6 nitrogen and oxygen atoms in total. The molecule has 0 amide bonds. The van der Waals surface area contributed by atoms with E-state index in [0.29, 0.717) is 41.6 Å². The van der Waals surface area contributed by atoms with Crippen LogP contribution in [-0.4, -0.2) is 37.3 Å². The number of rotatable bonds is 6. The SMILES string of the molecule is COCOc1cc2c(cc1C(O)c1ccc(CO)cc1)OCCO2. The Kier molecular flexibility index (Phi) is 5.20. The molecule has 1 heterocycles. The molecule has 128 valence electrons. The summed E-state index contributed by atoms with van der Waals surface area (Å²) in [4.78, 5) is 0. The van der Waals surface area contributed by atoms with Gasteiger partial charge in [-0.1, -0.05) is 24.3 Å². The monoisotopic (exact) mass is 332 g/mol. The second kappa shape index (κ2) is 7.53. The highest BCUT2D eigenvalue weighted by Crippen LogP contribution is 2.40. The molecule has 0 saturated heterocycles. The van der Waals surface area contributed by atoms with Gasteiger partial charge in [-0.25, -0.2) is 0 Å². The number of hydrogen-bond acceptors (Lipinski definition) is 6. The second-order valence-corrected chi connectivity index (χ2v) is 5.39. The van der Waals surface area contributed by atoms with Crippen LogP contribution in [0.15, 0.2) is 36.4 Å². The molecular weight excluding hydrogens is 312 g/mol. The molecule has 24 heavy (non-hydrogen) atoms. The Morgan fingerprint density at radius 1 is 1.08 bits per heavy atom. The van der Waals surface area contributed by atoms with Crippen molar-refractivity contribution in [2.45, 2.75) is 12.7 Å². The minimum atomic E-state index is -0.902. The van der Waals surface area contributed by atoms with E-state index in [0.717, 1.165) is 5.56 Å². The minimum Gasteiger partial charge on any atom is -0.486 e. The van der Waals surface area contributed by atoms with Crippen molar-refractivity contribution in [3.8, 4) is 17.2 Å². The molecule has 1 atom stereocenters. The average Bonchev–Trinajstić information content (AvgIpc) is 2.65. The topological polar surface area (TPSA) is 77.4 Å². The van der Waals surface area contributed by atoms with E-state index in [1.807, 2.05) is 0 Å². The van der Waals surface area contributed by atoms with Gasteiger partial charge in [0.25, 0.3) is 0 Å². The molecule has 3 rings (SSSR count). The predicted molar refractivity (Wildman–Crippen MR) is 86.4 cm³/mol. The number of aliphatic hydroxyl groups is 2. The number of benzene rings is 2. The number of ether oxygens (including phenoxy) is 4. The van der Waals surface area contributed by atoms with E-state index in [1.54, 1.807) is 36.4 Å². The van der Waals surface area contributed by atoms with Crippen molar-refractivity contribution in [2.24, 2.45) is 0 Å². The van der Waals surface area contributed by atoms with Gasteiger partial charge in [-0.2, -0.15) is 0 Å². The van der Waals surface area contributed by atoms with E-state index in [1.165, 1.54) is 7.11 Å². The third-order valence-corrected chi connectivity index (χ3v) is 3.78. The van der Waals surface area contributed by atoms with Crippen LogP contribution in [0.2, 0.25) is 0 Å². The molecule has 6 heteroatoms. The van der Waals surface area contributed by atoms with Crippen LogP contribution in [0.4, 0.5) is 0 Å². The number of aliphatic hydroxyl groups excluding tert-OH is 2. The van der Waals surface area contributed by atoms with E-state index in [-0.39, 0.29) is 13.4 Å². The maximum Gasteiger partial charge on any atom is 0.188 e. The summed E-state index contributed by atoms with van der Waals surface area (Å²) in [6, 6.07) is 10.5. The fourth-order valence-electron chi connectivity index (χ4n) is 2.53. The summed E-state index contributed by atoms with van der Waals surface area (Å²) >= 11 is 0. The molecule has 0 radical (unpaired) electrons. The quantitative estimate of drug-likeness (QED) is 0.788. The fraction of sp³-hybridized carbons (Fsp3) is 0.333. The summed E-state index contributed by atoms with van der Waals surface area (Å²) in [5.41, 5.74) is 2.03. The van der Waals surface area contributed by atoms with Gasteiger partial charge in [-0.3, -0.25) is 0 Å². The van der Waals surface area contributed by atoms with Crippen LogP contribution < -0.4 is 14.2 Å². The lowest BCUT2D eigenvalue weighted by molar-refractivity contribution is 0.0481. The highest BCUT2D eigenvalue weighted by atomic mass is 16.7. The molecule has 1 aliphatic rings. The summed E-state index contributed by atoms with van der Waals surface area (Å²) in [5, 5.41) is 19.9. The zero-order valence-electron chi connectivity index (χ0n) is 13.4. The van der Waals surface area contributed by atoms with Crippen LogP contribution in [0.5, 0.6) is 17.2 Å². The lowest BCUT2D eigenvalue weighted by atomic mass is 9.99. The van der Waals surface area contributed by atoms with Crippen LogP contribution in [0.1, 0.15) is 22.8 Å². The molecule has 2 aromatic carbocycles. The molecule has 0 spiro atoms. The number of fused-ring (bicyclic) bond motifs is 1. The minimum absolute atomic E-state index is 0.0391. The Balaban J connectivity index is 1.96. The van der Waals surface area contributed by atoms with Gasteiger partial charge in [-0.15, -0.1) is 0 Å². The van der Waals surface area contributed by atoms with Crippen molar-refractivity contribution in [1.82, 2.24) is 0 Å². The molecule has 1 aliphatic heterocycles. The van der Waals surface area contributed by atoms with Crippen LogP contribution in [0.3, 0.4) is 0 Å². The van der Waals surface area contributed by atoms with E-state index in [4.69, 9.17) is 24.1 Å². The molecular formula is C18H20O6. The van der Waals surface area contributed by atoms with Gasteiger partial charge in [-0.05, 0) is 17.2 Å². The van der Waals surface area contributed by atoms with Gasteiger partial charge in [0.2, 0.25) is 0 Å². The van der Waals surface area contributed by atoms with Crippen LogP contribution in [-0.2, 0) is 11.3 Å². The normalized spacial score (nSPS) is 14.3. The summed E-state index contributed by atoms with van der Waals surface area (Å²) < 4.78 is 21.7. The van der Waals surface area contributed by atoms with Gasteiger partial charge >= 0.3 is 0 Å². The number of methoxy groups -OCH3 is 1. The molecule has 0 saturated carbocycles. The summed E-state index contributed by atoms with van der Waals surface area (Å²) in [6.07, 6.45) is -0.902. The van der Waals surface area contributed by atoms with E-state index >= 15 is 0 Å². The first kappa shape index (κ1) is 16.6. The Morgan fingerprint density at radius 2 is 1.75 bits per heavy atom. The summed E-state index contributed by atoms with van der Waals surface area (Å²) in [7, 11) is 1.53. The Hall–Kier alpha value is -2.28. The Bertz CT molecular complexity index is 683. The smallest absolute Gasteiger partial charge is 0.188 e. The van der Waals surface area contributed by atoms with Crippen molar-refractivity contribution in [1.29, 1.82) is 0 Å². The van der Waals surface area contributed by atoms with Gasteiger partial charge < -0.3 is 29.2 Å². The van der Waals surface area contributed by atoms with Gasteiger partial charge in [0.05, 0.1) is 6.61 Å².